The molecule has 0 amide bonds. The lowest BCUT2D eigenvalue weighted by atomic mass is 9.96. The minimum Gasteiger partial charge on any atom is -0.480 e. The highest BCUT2D eigenvalue weighted by Gasteiger charge is 2.32. The number of nitrogens with zero attached hydrogens (tertiary/aromatic N) is 2. The highest BCUT2D eigenvalue weighted by atomic mass is 16.4. The van der Waals surface area contributed by atoms with E-state index in [9.17, 15) is 9.90 Å². The minimum absolute atomic E-state index is 0.593. The Kier molecular flexibility index (Phi) is 6.23. The van der Waals surface area contributed by atoms with E-state index in [-0.39, 0.29) is 0 Å². The zero-order valence-electron chi connectivity index (χ0n) is 12.8. The van der Waals surface area contributed by atoms with E-state index < -0.39 is 11.5 Å². The van der Waals surface area contributed by atoms with Gasteiger partial charge in [-0.3, -0.25) is 4.79 Å². The van der Waals surface area contributed by atoms with Crippen LogP contribution < -0.4 is 5.32 Å². The molecule has 1 fully saturated rings. The molecule has 1 atom stereocenters. The molecule has 5 nitrogen and oxygen atoms in total. The summed E-state index contributed by atoms with van der Waals surface area (Å²) in [6.45, 7) is 7.50. The number of aliphatic carboxylic acids is 1. The van der Waals surface area contributed by atoms with Crippen molar-refractivity contribution in [3.8, 4) is 0 Å². The van der Waals surface area contributed by atoms with E-state index >= 15 is 0 Å². The number of hydrogen-bond donors (Lipinski definition) is 2. The first-order chi connectivity index (χ1) is 8.89. The highest BCUT2D eigenvalue weighted by molar-refractivity contribution is 5.78. The second kappa shape index (κ2) is 7.22. The fourth-order valence-electron chi connectivity index (χ4n) is 2.68. The van der Waals surface area contributed by atoms with Crippen molar-refractivity contribution < 1.29 is 9.90 Å². The molecule has 1 aliphatic heterocycles. The monoisotopic (exact) mass is 271 g/mol. The van der Waals surface area contributed by atoms with Crippen molar-refractivity contribution in [1.29, 1.82) is 0 Å². The topological polar surface area (TPSA) is 55.8 Å². The lowest BCUT2D eigenvalue weighted by Crippen LogP contribution is -2.52. The average molecular weight is 271 g/mol. The van der Waals surface area contributed by atoms with Crippen molar-refractivity contribution in [3.05, 3.63) is 0 Å². The summed E-state index contributed by atoms with van der Waals surface area (Å²) in [5.41, 5.74) is -0.811. The molecule has 0 spiro atoms. The van der Waals surface area contributed by atoms with Gasteiger partial charge in [0.05, 0.1) is 0 Å². The van der Waals surface area contributed by atoms with Gasteiger partial charge in [-0.25, -0.2) is 0 Å². The van der Waals surface area contributed by atoms with Crippen molar-refractivity contribution in [2.75, 3.05) is 40.3 Å². The van der Waals surface area contributed by atoms with Gasteiger partial charge in [-0.05, 0) is 59.9 Å². The van der Waals surface area contributed by atoms with Gasteiger partial charge in [0.2, 0.25) is 0 Å². The molecule has 0 aliphatic carbocycles. The van der Waals surface area contributed by atoms with Crippen LogP contribution in [0.25, 0.3) is 0 Å². The summed E-state index contributed by atoms with van der Waals surface area (Å²) in [6.07, 6.45) is 3.00. The van der Waals surface area contributed by atoms with Crippen LogP contribution in [0.1, 0.15) is 33.1 Å². The fraction of sp³-hybridized carbons (Fsp3) is 0.929. The average Bonchev–Trinajstić information content (AvgIpc) is 2.37. The lowest BCUT2D eigenvalue weighted by Gasteiger charge is -2.36. The first-order valence-electron chi connectivity index (χ1n) is 7.26. The zero-order valence-corrected chi connectivity index (χ0v) is 12.8. The number of likely N-dealkylation sites (tertiary alicyclic amines) is 1. The summed E-state index contributed by atoms with van der Waals surface area (Å²) in [5, 5.41) is 12.4. The molecule has 1 heterocycles. The first-order valence-corrected chi connectivity index (χ1v) is 7.26. The van der Waals surface area contributed by atoms with Gasteiger partial charge in [-0.2, -0.15) is 0 Å². The zero-order chi connectivity index (χ0) is 14.5. The van der Waals surface area contributed by atoms with E-state index in [4.69, 9.17) is 0 Å². The SMILES string of the molecule is CCNC(C)(CCN(C)C1CCN(C)CC1)C(=O)O. The Morgan fingerprint density at radius 2 is 2.05 bits per heavy atom. The number of nitrogens with one attached hydrogen (secondary N) is 1. The van der Waals surface area contributed by atoms with Gasteiger partial charge in [0.25, 0.3) is 0 Å². The van der Waals surface area contributed by atoms with Crippen LogP contribution in [0.4, 0.5) is 0 Å². The molecule has 1 aliphatic rings. The van der Waals surface area contributed by atoms with Gasteiger partial charge in [-0.1, -0.05) is 6.92 Å². The molecule has 1 unspecified atom stereocenters. The standard InChI is InChI=1S/C14H29N3O2/c1-5-15-14(2,13(18)19)8-11-17(4)12-6-9-16(3)10-7-12/h12,15H,5-11H2,1-4H3,(H,18,19). The third-order valence-corrected chi connectivity index (χ3v) is 4.31. The van der Waals surface area contributed by atoms with Crippen LogP contribution in [0.2, 0.25) is 0 Å². The molecule has 0 aromatic heterocycles. The summed E-state index contributed by atoms with van der Waals surface area (Å²) in [7, 11) is 4.27. The number of carboxylic acid groups (broad SMARTS) is 1. The molecule has 0 aromatic carbocycles. The number of hydrogen-bond acceptors (Lipinski definition) is 4. The Bertz CT molecular complexity index is 290. The second-order valence-corrected chi connectivity index (χ2v) is 5.93. The molecular weight excluding hydrogens is 242 g/mol. The Balaban J connectivity index is 2.43. The van der Waals surface area contributed by atoms with E-state index in [1.165, 1.54) is 12.8 Å². The van der Waals surface area contributed by atoms with Crippen LogP contribution in [-0.2, 0) is 4.79 Å². The molecule has 112 valence electrons. The van der Waals surface area contributed by atoms with Gasteiger partial charge in [-0.15, -0.1) is 0 Å². The van der Waals surface area contributed by atoms with Crippen molar-refractivity contribution in [2.24, 2.45) is 0 Å². The Hall–Kier alpha value is -0.650. The summed E-state index contributed by atoms with van der Waals surface area (Å²) >= 11 is 0. The van der Waals surface area contributed by atoms with Crippen LogP contribution in [0.15, 0.2) is 0 Å². The third-order valence-electron chi connectivity index (χ3n) is 4.31. The summed E-state index contributed by atoms with van der Waals surface area (Å²) in [4.78, 5) is 16.0. The quantitative estimate of drug-likeness (QED) is 0.719. The largest absolute Gasteiger partial charge is 0.480 e. The lowest BCUT2D eigenvalue weighted by molar-refractivity contribution is -0.144. The van der Waals surface area contributed by atoms with Crippen LogP contribution in [-0.4, -0.2) is 72.7 Å². The van der Waals surface area contributed by atoms with E-state index in [2.05, 4.69) is 29.2 Å². The molecule has 0 radical (unpaired) electrons. The van der Waals surface area contributed by atoms with Crippen molar-refractivity contribution in [3.63, 3.8) is 0 Å². The van der Waals surface area contributed by atoms with E-state index in [0.717, 1.165) is 19.6 Å². The number of carboxylic acids is 1. The number of piperidine rings is 1. The molecule has 1 saturated heterocycles. The Morgan fingerprint density at radius 3 is 2.53 bits per heavy atom. The molecule has 0 aromatic rings. The third kappa shape index (κ3) is 4.75. The van der Waals surface area contributed by atoms with E-state index in [1.54, 1.807) is 6.92 Å². The minimum atomic E-state index is -0.811. The van der Waals surface area contributed by atoms with Gasteiger partial charge >= 0.3 is 5.97 Å². The van der Waals surface area contributed by atoms with Crippen LogP contribution in [0.5, 0.6) is 0 Å². The maximum Gasteiger partial charge on any atom is 0.323 e. The van der Waals surface area contributed by atoms with Crippen molar-refractivity contribution >= 4 is 5.97 Å². The van der Waals surface area contributed by atoms with Crippen molar-refractivity contribution in [2.45, 2.75) is 44.7 Å². The molecular formula is C14H29N3O2. The maximum absolute atomic E-state index is 11.4. The number of rotatable bonds is 7. The Labute approximate surface area is 117 Å². The molecule has 2 N–H and O–H groups in total. The predicted octanol–water partition coefficient (Wildman–Crippen LogP) is 0.855. The maximum atomic E-state index is 11.4. The van der Waals surface area contributed by atoms with Crippen molar-refractivity contribution in [1.82, 2.24) is 15.1 Å². The second-order valence-electron chi connectivity index (χ2n) is 5.93. The fourth-order valence-corrected chi connectivity index (χ4v) is 2.68. The molecule has 0 bridgehead atoms. The summed E-state index contributed by atoms with van der Waals surface area (Å²) < 4.78 is 0. The molecule has 5 heteroatoms. The number of carbonyl (C=O) groups is 1. The smallest absolute Gasteiger partial charge is 0.323 e. The van der Waals surface area contributed by atoms with Crippen LogP contribution >= 0.6 is 0 Å². The van der Waals surface area contributed by atoms with Gasteiger partial charge < -0.3 is 20.2 Å². The van der Waals surface area contributed by atoms with Gasteiger partial charge in [0, 0.05) is 12.6 Å². The highest BCUT2D eigenvalue weighted by Crippen LogP contribution is 2.17. The molecule has 0 saturated carbocycles. The Morgan fingerprint density at radius 1 is 1.47 bits per heavy atom. The van der Waals surface area contributed by atoms with Crippen LogP contribution in [0, 0.1) is 0 Å². The molecule has 1 rings (SSSR count). The normalized spacial score (nSPS) is 21.5. The predicted molar refractivity (Wildman–Crippen MR) is 77.5 cm³/mol. The first kappa shape index (κ1) is 16.4. The number of likely N-dealkylation sites (N-methyl/N-ethyl adjacent to an activating group) is 1. The van der Waals surface area contributed by atoms with E-state index in [1.807, 2.05) is 6.92 Å². The van der Waals surface area contributed by atoms with Gasteiger partial charge in [0.1, 0.15) is 5.54 Å². The van der Waals surface area contributed by atoms with Gasteiger partial charge in [0.15, 0.2) is 0 Å². The summed E-state index contributed by atoms with van der Waals surface area (Å²) in [5.74, 6) is -0.758. The van der Waals surface area contributed by atoms with E-state index in [0.29, 0.717) is 19.0 Å². The van der Waals surface area contributed by atoms with Crippen LogP contribution in [0.3, 0.4) is 0 Å². The molecule has 19 heavy (non-hydrogen) atoms. The summed E-state index contributed by atoms with van der Waals surface area (Å²) in [6, 6.07) is 0.593.